The molecule has 1 fully saturated rings. The Bertz CT molecular complexity index is 464. The fraction of sp³-hybridized carbons (Fsp3) is 0.500. The zero-order valence-electron chi connectivity index (χ0n) is 9.32. The smallest absolute Gasteiger partial charge is 0.0667 e. The van der Waals surface area contributed by atoms with E-state index in [-0.39, 0.29) is 0 Å². The average molecular weight is 212 g/mol. The number of fused-ring (bicyclic) bond motifs is 2. The standard InChI is InChI=1S/C14H16N2/c1-3-11-10-4-2-6-15-13(10)7-9-8-16-12(5-1)14(9)11/h1,3,5,8-10,13,15H,2,4,6-7H2/t9?,10-,13-/m1/s1. The van der Waals surface area contributed by atoms with Gasteiger partial charge in [-0.05, 0) is 48.9 Å². The Morgan fingerprint density at radius 2 is 2.31 bits per heavy atom. The van der Waals surface area contributed by atoms with Gasteiger partial charge in [-0.15, -0.1) is 0 Å². The van der Waals surface area contributed by atoms with E-state index < -0.39 is 0 Å². The summed E-state index contributed by atoms with van der Waals surface area (Å²) < 4.78 is 0. The summed E-state index contributed by atoms with van der Waals surface area (Å²) in [7, 11) is 0. The molecule has 2 nitrogen and oxygen atoms in total. The molecule has 2 heterocycles. The Morgan fingerprint density at radius 3 is 3.31 bits per heavy atom. The van der Waals surface area contributed by atoms with Crippen molar-refractivity contribution in [3.8, 4) is 0 Å². The molecule has 4 rings (SSSR count). The number of rotatable bonds is 0. The zero-order valence-corrected chi connectivity index (χ0v) is 9.32. The van der Waals surface area contributed by atoms with E-state index in [1.807, 2.05) is 0 Å². The van der Waals surface area contributed by atoms with Crippen LogP contribution in [0.15, 0.2) is 23.2 Å². The van der Waals surface area contributed by atoms with Crippen LogP contribution in [0.2, 0.25) is 0 Å². The lowest BCUT2D eigenvalue weighted by molar-refractivity contribution is 0.315. The van der Waals surface area contributed by atoms with E-state index in [4.69, 9.17) is 0 Å². The monoisotopic (exact) mass is 212 g/mol. The average Bonchev–Trinajstić information content (AvgIpc) is 2.75. The van der Waals surface area contributed by atoms with Gasteiger partial charge in [0.1, 0.15) is 0 Å². The van der Waals surface area contributed by atoms with Gasteiger partial charge in [0, 0.05) is 18.2 Å². The van der Waals surface area contributed by atoms with E-state index in [1.54, 1.807) is 5.56 Å². The highest BCUT2D eigenvalue weighted by Crippen LogP contribution is 2.47. The summed E-state index contributed by atoms with van der Waals surface area (Å²) in [5.74, 6) is 1.32. The molecular formula is C14H16N2. The molecule has 1 aromatic rings. The van der Waals surface area contributed by atoms with E-state index in [0.29, 0.717) is 12.0 Å². The highest BCUT2D eigenvalue weighted by atomic mass is 14.9. The highest BCUT2D eigenvalue weighted by molar-refractivity contribution is 5.82. The summed E-state index contributed by atoms with van der Waals surface area (Å²) in [6.45, 7) is 1.19. The number of hydrogen-bond acceptors (Lipinski definition) is 2. The topological polar surface area (TPSA) is 24.4 Å². The maximum Gasteiger partial charge on any atom is 0.0667 e. The number of hydrogen-bond donors (Lipinski definition) is 1. The maximum atomic E-state index is 4.56. The van der Waals surface area contributed by atoms with Crippen LogP contribution < -0.4 is 5.32 Å². The Kier molecular flexibility index (Phi) is 1.77. The van der Waals surface area contributed by atoms with Crippen molar-refractivity contribution in [2.24, 2.45) is 4.99 Å². The SMILES string of the molecule is C1=Nc2cccc3c2C1C[C@H]1NCCC[C@H]31. The minimum Gasteiger partial charge on any atom is -0.313 e. The molecule has 2 heteroatoms. The van der Waals surface area contributed by atoms with Crippen LogP contribution in [-0.4, -0.2) is 18.8 Å². The van der Waals surface area contributed by atoms with Gasteiger partial charge in [0.2, 0.25) is 0 Å². The van der Waals surface area contributed by atoms with Crippen molar-refractivity contribution in [3.63, 3.8) is 0 Å². The summed E-state index contributed by atoms with van der Waals surface area (Å²) in [5, 5.41) is 3.69. The minimum atomic E-state index is 0.582. The van der Waals surface area contributed by atoms with Crippen LogP contribution in [0.25, 0.3) is 0 Å². The predicted octanol–water partition coefficient (Wildman–Crippen LogP) is 2.73. The van der Waals surface area contributed by atoms with Gasteiger partial charge in [-0.25, -0.2) is 0 Å². The molecule has 0 saturated carbocycles. The van der Waals surface area contributed by atoms with Crippen LogP contribution in [0.1, 0.15) is 42.2 Å². The fourth-order valence-electron chi connectivity index (χ4n) is 3.68. The number of benzene rings is 1. The van der Waals surface area contributed by atoms with Crippen LogP contribution in [0.5, 0.6) is 0 Å². The van der Waals surface area contributed by atoms with E-state index in [2.05, 4.69) is 34.7 Å². The van der Waals surface area contributed by atoms with Crippen molar-refractivity contribution in [2.45, 2.75) is 37.1 Å². The second-order valence-corrected chi connectivity index (χ2v) is 5.21. The van der Waals surface area contributed by atoms with Crippen molar-refractivity contribution in [2.75, 3.05) is 6.54 Å². The van der Waals surface area contributed by atoms with Crippen LogP contribution in [0, 0.1) is 0 Å². The van der Waals surface area contributed by atoms with E-state index >= 15 is 0 Å². The first-order chi connectivity index (χ1) is 7.93. The minimum absolute atomic E-state index is 0.582. The van der Waals surface area contributed by atoms with Crippen molar-refractivity contribution in [1.29, 1.82) is 0 Å². The highest BCUT2D eigenvalue weighted by Gasteiger charge is 2.38. The summed E-state index contributed by atoms with van der Waals surface area (Å²) >= 11 is 0. The molecule has 0 radical (unpaired) electrons. The molecule has 0 spiro atoms. The van der Waals surface area contributed by atoms with Crippen LogP contribution in [-0.2, 0) is 0 Å². The molecule has 1 N–H and O–H groups in total. The number of aliphatic imine (C=N–C) groups is 1. The third-order valence-corrected chi connectivity index (χ3v) is 4.37. The molecule has 0 amide bonds. The molecule has 1 unspecified atom stereocenters. The normalized spacial score (nSPS) is 34.6. The molecule has 16 heavy (non-hydrogen) atoms. The molecule has 82 valence electrons. The molecule has 0 aromatic heterocycles. The van der Waals surface area contributed by atoms with Gasteiger partial charge in [0.25, 0.3) is 0 Å². The first-order valence-electron chi connectivity index (χ1n) is 6.34. The number of nitrogens with zero attached hydrogens (tertiary/aromatic N) is 1. The fourth-order valence-corrected chi connectivity index (χ4v) is 3.68. The molecule has 3 aliphatic rings. The summed E-state index contributed by atoms with van der Waals surface area (Å²) in [6, 6.07) is 7.34. The molecule has 2 aliphatic heterocycles. The molecule has 1 aromatic carbocycles. The lowest BCUT2D eigenvalue weighted by Gasteiger charge is -2.39. The van der Waals surface area contributed by atoms with Crippen LogP contribution >= 0.6 is 0 Å². The van der Waals surface area contributed by atoms with Gasteiger partial charge in [0.15, 0.2) is 0 Å². The van der Waals surface area contributed by atoms with E-state index in [1.165, 1.54) is 37.1 Å². The van der Waals surface area contributed by atoms with E-state index in [0.717, 1.165) is 5.92 Å². The number of piperidine rings is 1. The molecular weight excluding hydrogens is 196 g/mol. The van der Waals surface area contributed by atoms with Gasteiger partial charge in [-0.2, -0.15) is 0 Å². The molecule has 1 aliphatic carbocycles. The molecule has 3 atom stereocenters. The molecule has 1 saturated heterocycles. The van der Waals surface area contributed by atoms with Crippen LogP contribution in [0.3, 0.4) is 0 Å². The van der Waals surface area contributed by atoms with Crippen molar-refractivity contribution in [1.82, 2.24) is 5.32 Å². The second-order valence-electron chi connectivity index (χ2n) is 5.21. The lowest BCUT2D eigenvalue weighted by atomic mass is 9.71. The van der Waals surface area contributed by atoms with Gasteiger partial charge in [0.05, 0.1) is 5.69 Å². The van der Waals surface area contributed by atoms with Gasteiger partial charge < -0.3 is 5.32 Å². The van der Waals surface area contributed by atoms with Gasteiger partial charge in [-0.1, -0.05) is 12.1 Å². The third kappa shape index (κ3) is 1.08. The van der Waals surface area contributed by atoms with E-state index in [9.17, 15) is 0 Å². The summed E-state index contributed by atoms with van der Waals surface area (Å²) in [6.07, 6.45) is 6.07. The Labute approximate surface area is 95.8 Å². The quantitative estimate of drug-likeness (QED) is 0.702. The largest absolute Gasteiger partial charge is 0.313 e. The van der Waals surface area contributed by atoms with Gasteiger partial charge >= 0.3 is 0 Å². The summed E-state index contributed by atoms with van der Waals surface area (Å²) in [4.78, 5) is 4.56. The van der Waals surface area contributed by atoms with Crippen LogP contribution in [0.4, 0.5) is 5.69 Å². The predicted molar refractivity (Wildman–Crippen MR) is 65.7 cm³/mol. The lowest BCUT2D eigenvalue weighted by Crippen LogP contribution is -2.43. The van der Waals surface area contributed by atoms with Crippen molar-refractivity contribution < 1.29 is 0 Å². The summed E-state index contributed by atoms with van der Waals surface area (Å²) in [5.41, 5.74) is 4.34. The first kappa shape index (κ1) is 8.94. The third-order valence-electron chi connectivity index (χ3n) is 4.37. The number of nitrogens with one attached hydrogen (secondary N) is 1. The first-order valence-corrected chi connectivity index (χ1v) is 6.34. The van der Waals surface area contributed by atoms with Crippen molar-refractivity contribution in [3.05, 3.63) is 29.3 Å². The second kappa shape index (κ2) is 3.17. The molecule has 0 bridgehead atoms. The zero-order chi connectivity index (χ0) is 10.5. The Hall–Kier alpha value is -1.15. The van der Waals surface area contributed by atoms with Gasteiger partial charge in [-0.3, -0.25) is 4.99 Å². The Morgan fingerprint density at radius 1 is 1.31 bits per heavy atom. The Balaban J connectivity index is 1.88. The van der Waals surface area contributed by atoms with Crippen molar-refractivity contribution >= 4 is 11.9 Å². The maximum absolute atomic E-state index is 4.56.